The number of likely N-dealkylation sites (tertiary alicyclic amines) is 1. The third kappa shape index (κ3) is 3.17. The highest BCUT2D eigenvalue weighted by Gasteiger charge is 2.44. The van der Waals surface area contributed by atoms with E-state index >= 15 is 0 Å². The Morgan fingerprint density at radius 3 is 2.63 bits per heavy atom. The van der Waals surface area contributed by atoms with Gasteiger partial charge in [-0.25, -0.2) is 0 Å². The van der Waals surface area contributed by atoms with E-state index in [4.69, 9.17) is 11.6 Å². The fourth-order valence-corrected chi connectivity index (χ4v) is 5.94. The molecule has 1 aliphatic carbocycles. The minimum atomic E-state index is 0.544. The Labute approximate surface area is 168 Å². The Hall–Kier alpha value is -1.51. The Morgan fingerprint density at radius 2 is 1.81 bits per heavy atom. The zero-order valence-corrected chi connectivity index (χ0v) is 17.0. The Kier molecular flexibility index (Phi) is 4.65. The van der Waals surface area contributed by atoms with E-state index in [1.54, 1.807) is 11.1 Å². The third-order valence-electron chi connectivity index (χ3n) is 7.04. The van der Waals surface area contributed by atoms with Gasteiger partial charge in [0.15, 0.2) is 0 Å². The van der Waals surface area contributed by atoms with Crippen LogP contribution in [0.4, 0.5) is 5.69 Å². The van der Waals surface area contributed by atoms with Crippen molar-refractivity contribution in [3.05, 3.63) is 64.2 Å². The lowest BCUT2D eigenvalue weighted by molar-refractivity contribution is 0.0964. The van der Waals surface area contributed by atoms with Gasteiger partial charge in [-0.1, -0.05) is 36.7 Å². The molecule has 0 aromatic heterocycles. The molecule has 0 spiro atoms. The predicted octanol–water partition coefficient (Wildman–Crippen LogP) is 6.01. The van der Waals surface area contributed by atoms with Crippen LogP contribution in [0.3, 0.4) is 0 Å². The zero-order chi connectivity index (χ0) is 18.4. The molecule has 2 heterocycles. The van der Waals surface area contributed by atoms with Gasteiger partial charge < -0.3 is 4.90 Å². The molecule has 0 amide bonds. The first-order chi connectivity index (χ1) is 13.2. The maximum atomic E-state index is 6.23. The third-order valence-corrected chi connectivity index (χ3v) is 7.27. The summed E-state index contributed by atoms with van der Waals surface area (Å²) in [5.41, 5.74) is 5.97. The number of rotatable bonds is 3. The molecule has 27 heavy (non-hydrogen) atoms. The van der Waals surface area contributed by atoms with E-state index < -0.39 is 0 Å². The fourth-order valence-electron chi connectivity index (χ4n) is 5.73. The molecule has 2 fully saturated rings. The van der Waals surface area contributed by atoms with Crippen molar-refractivity contribution in [3.63, 3.8) is 0 Å². The summed E-state index contributed by atoms with van der Waals surface area (Å²) in [5, 5.41) is 0.842. The van der Waals surface area contributed by atoms with Gasteiger partial charge in [0.1, 0.15) is 0 Å². The van der Waals surface area contributed by atoms with E-state index in [9.17, 15) is 0 Å². The van der Waals surface area contributed by atoms with Crippen LogP contribution in [0.15, 0.2) is 42.5 Å². The molecule has 142 valence electrons. The van der Waals surface area contributed by atoms with Crippen LogP contribution in [0.2, 0.25) is 5.02 Å². The van der Waals surface area contributed by atoms with Gasteiger partial charge in [-0.2, -0.15) is 0 Å². The highest BCUT2D eigenvalue weighted by atomic mass is 35.5. The SMILES string of the molecule is C[C@H]1C2CCN(Cc3cccc(Cl)c3)C1c1cc(N3CCCCC3)ccc12. The molecule has 3 heteroatoms. The van der Waals surface area contributed by atoms with Gasteiger partial charge in [0, 0.05) is 36.4 Å². The normalized spacial score (nSPS) is 27.6. The molecule has 0 saturated carbocycles. The number of nitrogens with zero attached hydrogens (tertiary/aromatic N) is 2. The second-order valence-electron chi connectivity index (χ2n) is 8.66. The summed E-state index contributed by atoms with van der Waals surface area (Å²) in [4.78, 5) is 5.29. The van der Waals surface area contributed by atoms with Gasteiger partial charge in [0.05, 0.1) is 0 Å². The average molecular weight is 381 g/mol. The van der Waals surface area contributed by atoms with Crippen LogP contribution in [0.5, 0.6) is 0 Å². The molecule has 0 radical (unpaired) electrons. The van der Waals surface area contributed by atoms with Crippen molar-refractivity contribution in [2.45, 2.75) is 51.1 Å². The Bertz CT molecular complexity index is 827. The van der Waals surface area contributed by atoms with Gasteiger partial charge in [0.2, 0.25) is 0 Å². The van der Waals surface area contributed by atoms with E-state index in [0.717, 1.165) is 17.5 Å². The quantitative estimate of drug-likeness (QED) is 0.643. The van der Waals surface area contributed by atoms with Crippen molar-refractivity contribution in [2.24, 2.45) is 5.92 Å². The number of halogens is 1. The molecule has 2 aromatic carbocycles. The summed E-state index contributed by atoms with van der Waals surface area (Å²) in [7, 11) is 0. The number of piperidine rings is 2. The van der Waals surface area contributed by atoms with Crippen molar-refractivity contribution < 1.29 is 0 Å². The smallest absolute Gasteiger partial charge is 0.0409 e. The first-order valence-corrected chi connectivity index (χ1v) is 11.0. The number of benzene rings is 2. The van der Waals surface area contributed by atoms with Crippen molar-refractivity contribution >= 4 is 17.3 Å². The second-order valence-corrected chi connectivity index (χ2v) is 9.10. The van der Waals surface area contributed by atoms with Crippen molar-refractivity contribution in [1.82, 2.24) is 4.90 Å². The Balaban J connectivity index is 1.46. The number of hydrogen-bond acceptors (Lipinski definition) is 2. The first kappa shape index (κ1) is 17.6. The van der Waals surface area contributed by atoms with Crippen LogP contribution < -0.4 is 4.90 Å². The zero-order valence-electron chi connectivity index (χ0n) is 16.2. The standard InChI is InChI=1S/C24H29ClN2/c1-17-21-10-13-27(16-18-6-5-7-19(25)14-18)24(17)23-15-20(8-9-22(21)23)26-11-3-2-4-12-26/h5-9,14-15,17,21,24H,2-4,10-13,16H2,1H3/t17-,21?,24?/m0/s1. The van der Waals surface area contributed by atoms with Gasteiger partial charge in [0.25, 0.3) is 0 Å². The molecule has 2 saturated heterocycles. The van der Waals surface area contributed by atoms with Crippen molar-refractivity contribution in [3.8, 4) is 0 Å². The second kappa shape index (κ2) is 7.14. The summed E-state index contributed by atoms with van der Waals surface area (Å²) >= 11 is 6.23. The summed E-state index contributed by atoms with van der Waals surface area (Å²) in [6.45, 7) is 7.07. The topological polar surface area (TPSA) is 6.48 Å². The molecule has 2 unspecified atom stereocenters. The highest BCUT2D eigenvalue weighted by molar-refractivity contribution is 6.30. The van der Waals surface area contributed by atoms with E-state index in [1.165, 1.54) is 56.6 Å². The monoisotopic (exact) mass is 380 g/mol. The van der Waals surface area contributed by atoms with Crippen LogP contribution in [0.1, 0.15) is 61.3 Å². The molecular formula is C24H29ClN2. The van der Waals surface area contributed by atoms with E-state index in [1.807, 2.05) is 6.07 Å². The molecule has 2 bridgehead atoms. The number of hydrogen-bond donors (Lipinski definition) is 0. The van der Waals surface area contributed by atoms with Crippen molar-refractivity contribution in [1.29, 1.82) is 0 Å². The van der Waals surface area contributed by atoms with Gasteiger partial charge in [-0.05, 0) is 85.0 Å². The molecule has 0 N–H and O–H groups in total. The molecule has 3 aliphatic rings. The maximum absolute atomic E-state index is 6.23. The van der Waals surface area contributed by atoms with Crippen LogP contribution in [-0.2, 0) is 6.54 Å². The lowest BCUT2D eigenvalue weighted by Gasteiger charge is -2.38. The van der Waals surface area contributed by atoms with Crippen LogP contribution in [0, 0.1) is 5.92 Å². The van der Waals surface area contributed by atoms with Gasteiger partial charge >= 0.3 is 0 Å². The van der Waals surface area contributed by atoms with Crippen LogP contribution in [-0.4, -0.2) is 24.5 Å². The number of fused-ring (bicyclic) bond motifs is 5. The Morgan fingerprint density at radius 1 is 0.963 bits per heavy atom. The molecule has 3 atom stereocenters. The molecule has 2 nitrogen and oxygen atoms in total. The average Bonchev–Trinajstić information content (AvgIpc) is 2.86. The highest BCUT2D eigenvalue weighted by Crippen LogP contribution is 2.54. The summed E-state index contributed by atoms with van der Waals surface area (Å²) < 4.78 is 0. The first-order valence-electron chi connectivity index (χ1n) is 10.6. The molecular weight excluding hydrogens is 352 g/mol. The predicted molar refractivity (Wildman–Crippen MR) is 114 cm³/mol. The van der Waals surface area contributed by atoms with E-state index in [2.05, 4.69) is 53.1 Å². The minimum absolute atomic E-state index is 0.544. The number of anilines is 1. The fraction of sp³-hybridized carbons (Fsp3) is 0.500. The van der Waals surface area contributed by atoms with Crippen LogP contribution >= 0.6 is 11.6 Å². The largest absolute Gasteiger partial charge is 0.372 e. The van der Waals surface area contributed by atoms with Crippen LogP contribution in [0.25, 0.3) is 0 Å². The lowest BCUT2D eigenvalue weighted by Crippen LogP contribution is -2.36. The van der Waals surface area contributed by atoms with Gasteiger partial charge in [-0.3, -0.25) is 4.90 Å². The molecule has 5 rings (SSSR count). The van der Waals surface area contributed by atoms with E-state index in [0.29, 0.717) is 12.0 Å². The van der Waals surface area contributed by atoms with E-state index in [-0.39, 0.29) is 0 Å². The summed E-state index contributed by atoms with van der Waals surface area (Å²) in [5.74, 6) is 1.43. The summed E-state index contributed by atoms with van der Waals surface area (Å²) in [6, 6.07) is 16.3. The minimum Gasteiger partial charge on any atom is -0.372 e. The van der Waals surface area contributed by atoms with Gasteiger partial charge in [-0.15, -0.1) is 0 Å². The lowest BCUT2D eigenvalue weighted by atomic mass is 9.85. The maximum Gasteiger partial charge on any atom is 0.0409 e. The molecule has 2 aliphatic heterocycles. The molecule has 2 aromatic rings. The summed E-state index contributed by atoms with van der Waals surface area (Å²) in [6.07, 6.45) is 5.33. The van der Waals surface area contributed by atoms with Crippen molar-refractivity contribution in [2.75, 3.05) is 24.5 Å².